The number of halogens is 1. The second-order valence-corrected chi connectivity index (χ2v) is 8.13. The van der Waals surface area contributed by atoms with Crippen LogP contribution in [-0.2, 0) is 0 Å². The van der Waals surface area contributed by atoms with Crippen molar-refractivity contribution in [2.45, 2.75) is 17.9 Å². The predicted molar refractivity (Wildman–Crippen MR) is 115 cm³/mol. The van der Waals surface area contributed by atoms with Crippen molar-refractivity contribution in [2.75, 3.05) is 25.9 Å². The number of carbonyl (C=O) groups is 2. The van der Waals surface area contributed by atoms with Gasteiger partial charge >= 0.3 is 0 Å². The monoisotopic (exact) mass is 448 g/mol. The van der Waals surface area contributed by atoms with Crippen molar-refractivity contribution in [1.82, 2.24) is 15.2 Å². The fourth-order valence-corrected chi connectivity index (χ4v) is 4.16. The van der Waals surface area contributed by atoms with Crippen LogP contribution in [0, 0.1) is 16.0 Å². The first-order valence-corrected chi connectivity index (χ1v) is 11.0. The summed E-state index contributed by atoms with van der Waals surface area (Å²) in [5.41, 5.74) is 0.660. The van der Waals surface area contributed by atoms with Crippen molar-refractivity contribution in [3.63, 3.8) is 0 Å². The number of amides is 2. The molecule has 2 aromatic rings. The van der Waals surface area contributed by atoms with Gasteiger partial charge in [0.2, 0.25) is 0 Å². The Morgan fingerprint density at radius 1 is 1.30 bits per heavy atom. The molecule has 0 unspecified atom stereocenters. The highest BCUT2D eigenvalue weighted by Crippen LogP contribution is 2.24. The molecule has 0 bridgehead atoms. The highest BCUT2D eigenvalue weighted by Gasteiger charge is 2.26. The van der Waals surface area contributed by atoms with E-state index in [-0.39, 0.29) is 34.0 Å². The number of hydrogen-bond donors (Lipinski definition) is 1. The molecule has 158 valence electrons. The van der Waals surface area contributed by atoms with Gasteiger partial charge in [0.05, 0.1) is 21.1 Å². The number of non-ortho nitro benzene ring substituents is 1. The Labute approximate surface area is 183 Å². The van der Waals surface area contributed by atoms with Crippen LogP contribution in [0.25, 0.3) is 0 Å². The standard InChI is InChI=1S/C20H21ClN4O4S/c1-30-19-16(3-2-8-22-19)20(27)24-9-6-13(7-10-24)12-23-18(26)15-5-4-14(25(28)29)11-17(15)21/h2-5,8,11,13H,6-7,9-10,12H2,1H3,(H,23,26). The van der Waals surface area contributed by atoms with Gasteiger partial charge in [-0.1, -0.05) is 11.6 Å². The van der Waals surface area contributed by atoms with E-state index in [1.807, 2.05) is 11.2 Å². The Morgan fingerprint density at radius 2 is 2.03 bits per heavy atom. The van der Waals surface area contributed by atoms with E-state index in [1.54, 1.807) is 18.3 Å². The second-order valence-electron chi connectivity index (χ2n) is 6.93. The molecule has 1 aliphatic heterocycles. The minimum atomic E-state index is -0.559. The van der Waals surface area contributed by atoms with Gasteiger partial charge in [-0.25, -0.2) is 4.98 Å². The molecule has 0 atom stereocenters. The number of nitrogens with one attached hydrogen (secondary N) is 1. The number of aromatic nitrogens is 1. The lowest BCUT2D eigenvalue weighted by atomic mass is 9.96. The SMILES string of the molecule is CSc1ncccc1C(=O)N1CCC(CNC(=O)c2ccc([N+](=O)[O-])cc2Cl)CC1. The molecule has 1 N–H and O–H groups in total. The Balaban J connectivity index is 1.52. The average Bonchev–Trinajstić information content (AvgIpc) is 2.77. The van der Waals surface area contributed by atoms with Crippen LogP contribution in [-0.4, -0.2) is 52.5 Å². The van der Waals surface area contributed by atoms with E-state index in [0.717, 1.165) is 17.9 Å². The summed E-state index contributed by atoms with van der Waals surface area (Å²) in [6, 6.07) is 7.34. The molecule has 2 amide bonds. The van der Waals surface area contributed by atoms with Crippen LogP contribution in [0.4, 0.5) is 5.69 Å². The van der Waals surface area contributed by atoms with Crippen LogP contribution in [0.1, 0.15) is 33.6 Å². The number of hydrogen-bond acceptors (Lipinski definition) is 6. The molecule has 0 spiro atoms. The van der Waals surface area contributed by atoms with Gasteiger partial charge in [0.1, 0.15) is 5.03 Å². The molecule has 10 heteroatoms. The topological polar surface area (TPSA) is 105 Å². The summed E-state index contributed by atoms with van der Waals surface area (Å²) in [6.07, 6.45) is 5.11. The molecule has 1 aliphatic rings. The Morgan fingerprint density at radius 3 is 2.67 bits per heavy atom. The number of thioether (sulfide) groups is 1. The van der Waals surface area contributed by atoms with E-state index in [9.17, 15) is 19.7 Å². The van der Waals surface area contributed by atoms with Gasteiger partial charge in [0, 0.05) is 38.0 Å². The van der Waals surface area contributed by atoms with Crippen molar-refractivity contribution in [2.24, 2.45) is 5.92 Å². The maximum Gasteiger partial charge on any atom is 0.270 e. The van der Waals surface area contributed by atoms with E-state index < -0.39 is 4.92 Å². The third-order valence-electron chi connectivity index (χ3n) is 5.06. The van der Waals surface area contributed by atoms with Gasteiger partial charge in [0.15, 0.2) is 0 Å². The van der Waals surface area contributed by atoms with E-state index in [4.69, 9.17) is 11.6 Å². The van der Waals surface area contributed by atoms with Gasteiger partial charge in [0.25, 0.3) is 17.5 Å². The third kappa shape index (κ3) is 5.09. The fourth-order valence-electron chi connectivity index (χ4n) is 3.36. The van der Waals surface area contributed by atoms with E-state index in [1.165, 1.54) is 30.0 Å². The number of nitro groups is 1. The van der Waals surface area contributed by atoms with E-state index >= 15 is 0 Å². The number of carbonyl (C=O) groups excluding carboxylic acids is 2. The molecule has 0 radical (unpaired) electrons. The molecule has 3 rings (SSSR count). The normalized spacial score (nSPS) is 14.4. The molecule has 1 saturated heterocycles. The summed E-state index contributed by atoms with van der Waals surface area (Å²) in [7, 11) is 0. The fraction of sp³-hybridized carbons (Fsp3) is 0.350. The van der Waals surface area contributed by atoms with Crippen LogP contribution in [0.5, 0.6) is 0 Å². The average molecular weight is 449 g/mol. The Hall–Kier alpha value is -2.65. The van der Waals surface area contributed by atoms with Gasteiger partial charge in [-0.3, -0.25) is 19.7 Å². The molecule has 2 heterocycles. The van der Waals surface area contributed by atoms with Gasteiger partial charge < -0.3 is 10.2 Å². The third-order valence-corrected chi connectivity index (χ3v) is 6.08. The maximum absolute atomic E-state index is 12.8. The second kappa shape index (κ2) is 9.90. The quantitative estimate of drug-likeness (QED) is 0.411. The Kier molecular flexibility index (Phi) is 7.28. The van der Waals surface area contributed by atoms with Crippen molar-refractivity contribution < 1.29 is 14.5 Å². The molecular formula is C20H21ClN4O4S. The molecule has 1 aromatic carbocycles. The minimum absolute atomic E-state index is 0.0207. The smallest absolute Gasteiger partial charge is 0.270 e. The van der Waals surface area contributed by atoms with Crippen molar-refractivity contribution in [3.05, 3.63) is 62.8 Å². The highest BCUT2D eigenvalue weighted by molar-refractivity contribution is 7.98. The summed E-state index contributed by atoms with van der Waals surface area (Å²) in [5.74, 6) is -0.148. The summed E-state index contributed by atoms with van der Waals surface area (Å²) in [5, 5.41) is 14.4. The number of piperidine rings is 1. The summed E-state index contributed by atoms with van der Waals surface area (Å²) < 4.78 is 0. The summed E-state index contributed by atoms with van der Waals surface area (Å²) in [4.78, 5) is 41.5. The molecule has 0 aliphatic carbocycles. The summed E-state index contributed by atoms with van der Waals surface area (Å²) >= 11 is 7.46. The van der Waals surface area contributed by atoms with Gasteiger partial charge in [-0.2, -0.15) is 0 Å². The van der Waals surface area contributed by atoms with Crippen molar-refractivity contribution in [3.8, 4) is 0 Å². The number of nitrogens with zero attached hydrogens (tertiary/aromatic N) is 3. The molecular weight excluding hydrogens is 428 g/mol. The molecule has 1 aromatic heterocycles. The van der Waals surface area contributed by atoms with Crippen LogP contribution < -0.4 is 5.32 Å². The van der Waals surface area contributed by atoms with Crippen molar-refractivity contribution in [1.29, 1.82) is 0 Å². The van der Waals surface area contributed by atoms with Gasteiger partial charge in [-0.15, -0.1) is 11.8 Å². The first-order chi connectivity index (χ1) is 14.4. The van der Waals surface area contributed by atoms with Crippen LogP contribution >= 0.6 is 23.4 Å². The van der Waals surface area contributed by atoms with Crippen LogP contribution in [0.15, 0.2) is 41.6 Å². The van der Waals surface area contributed by atoms with Gasteiger partial charge in [-0.05, 0) is 43.2 Å². The first-order valence-electron chi connectivity index (χ1n) is 9.41. The largest absolute Gasteiger partial charge is 0.352 e. The van der Waals surface area contributed by atoms with E-state index in [2.05, 4.69) is 10.3 Å². The highest BCUT2D eigenvalue weighted by atomic mass is 35.5. The number of nitro benzene ring substituents is 1. The lowest BCUT2D eigenvalue weighted by Crippen LogP contribution is -2.41. The molecule has 8 nitrogen and oxygen atoms in total. The Bertz CT molecular complexity index is 964. The van der Waals surface area contributed by atoms with Crippen molar-refractivity contribution >= 4 is 40.9 Å². The number of pyridine rings is 1. The van der Waals surface area contributed by atoms with E-state index in [0.29, 0.717) is 25.2 Å². The molecule has 0 saturated carbocycles. The zero-order valence-electron chi connectivity index (χ0n) is 16.3. The lowest BCUT2D eigenvalue weighted by Gasteiger charge is -2.32. The molecule has 30 heavy (non-hydrogen) atoms. The zero-order valence-corrected chi connectivity index (χ0v) is 17.9. The minimum Gasteiger partial charge on any atom is -0.352 e. The van der Waals surface area contributed by atoms with Crippen LogP contribution in [0.3, 0.4) is 0 Å². The maximum atomic E-state index is 12.8. The zero-order chi connectivity index (χ0) is 21.7. The molecule has 1 fully saturated rings. The number of rotatable bonds is 6. The summed E-state index contributed by atoms with van der Waals surface area (Å²) in [6.45, 7) is 1.68. The van der Waals surface area contributed by atoms with Crippen LogP contribution in [0.2, 0.25) is 5.02 Å². The first kappa shape index (κ1) is 22.0. The predicted octanol–water partition coefficient (Wildman–Crippen LogP) is 3.65. The lowest BCUT2D eigenvalue weighted by molar-refractivity contribution is -0.384. The number of benzene rings is 1. The number of likely N-dealkylation sites (tertiary alicyclic amines) is 1.